The van der Waals surface area contributed by atoms with Gasteiger partial charge in [-0.05, 0) is 53.9 Å². The van der Waals surface area contributed by atoms with Gasteiger partial charge in [0.15, 0.2) is 6.61 Å². The maximum atomic E-state index is 12.0. The Morgan fingerprint density at radius 1 is 1.00 bits per heavy atom. The van der Waals surface area contributed by atoms with Crippen molar-refractivity contribution in [2.24, 2.45) is 0 Å². The van der Waals surface area contributed by atoms with Crippen molar-refractivity contribution in [3.63, 3.8) is 0 Å². The van der Waals surface area contributed by atoms with Gasteiger partial charge >= 0.3 is 5.97 Å². The molecule has 0 fully saturated rings. The van der Waals surface area contributed by atoms with Gasteiger partial charge in [0.25, 0.3) is 5.91 Å². The second-order valence-corrected chi connectivity index (χ2v) is 6.56. The minimum Gasteiger partial charge on any atom is -0.482 e. The highest BCUT2D eigenvalue weighted by molar-refractivity contribution is 7.12. The van der Waals surface area contributed by atoms with Gasteiger partial charge in [0.05, 0.1) is 4.88 Å². The van der Waals surface area contributed by atoms with E-state index in [1.165, 1.54) is 11.3 Å². The molecule has 132 valence electrons. The average molecular weight is 388 g/mol. The van der Waals surface area contributed by atoms with Crippen LogP contribution in [0, 0.1) is 0 Å². The van der Waals surface area contributed by atoms with E-state index in [0.29, 0.717) is 27.1 Å². The van der Waals surface area contributed by atoms with Crippen LogP contribution in [0.15, 0.2) is 66.0 Å². The first-order valence-corrected chi connectivity index (χ1v) is 8.90. The van der Waals surface area contributed by atoms with Crippen LogP contribution in [0.5, 0.6) is 11.5 Å². The third kappa shape index (κ3) is 5.08. The molecule has 5 nitrogen and oxygen atoms in total. The zero-order valence-electron chi connectivity index (χ0n) is 13.5. The van der Waals surface area contributed by atoms with Crippen molar-refractivity contribution in [1.82, 2.24) is 0 Å². The van der Waals surface area contributed by atoms with Crippen molar-refractivity contribution in [3.05, 3.63) is 75.9 Å². The average Bonchev–Trinajstić information content (AvgIpc) is 3.17. The van der Waals surface area contributed by atoms with Gasteiger partial charge in [0.2, 0.25) is 0 Å². The number of halogens is 1. The molecule has 0 saturated carbocycles. The number of esters is 1. The Labute approximate surface area is 159 Å². The Morgan fingerprint density at radius 2 is 1.81 bits per heavy atom. The first kappa shape index (κ1) is 18.0. The van der Waals surface area contributed by atoms with Gasteiger partial charge in [-0.2, -0.15) is 0 Å². The molecule has 3 aromatic rings. The molecule has 2 aromatic carbocycles. The molecule has 0 aliphatic heterocycles. The highest BCUT2D eigenvalue weighted by Crippen LogP contribution is 2.19. The summed E-state index contributed by atoms with van der Waals surface area (Å²) in [5.74, 6) is 0.125. The van der Waals surface area contributed by atoms with E-state index >= 15 is 0 Å². The summed E-state index contributed by atoms with van der Waals surface area (Å²) >= 11 is 7.21. The minimum absolute atomic E-state index is 0.181. The lowest BCUT2D eigenvalue weighted by molar-refractivity contribution is -0.136. The summed E-state index contributed by atoms with van der Waals surface area (Å²) in [7, 11) is 0. The number of anilines is 1. The van der Waals surface area contributed by atoms with Gasteiger partial charge in [-0.25, -0.2) is 4.79 Å². The van der Waals surface area contributed by atoms with Crippen LogP contribution in [-0.2, 0) is 4.79 Å². The number of ether oxygens (including phenoxy) is 2. The molecule has 3 rings (SSSR count). The highest BCUT2D eigenvalue weighted by atomic mass is 35.5. The summed E-state index contributed by atoms with van der Waals surface area (Å²) in [5, 5.41) is 5.13. The predicted octanol–water partition coefficient (Wildman–Crippen LogP) is 4.64. The van der Waals surface area contributed by atoms with Crippen LogP contribution in [0.25, 0.3) is 0 Å². The van der Waals surface area contributed by atoms with E-state index in [-0.39, 0.29) is 12.5 Å². The zero-order chi connectivity index (χ0) is 18.4. The molecule has 7 heteroatoms. The molecule has 0 spiro atoms. The summed E-state index contributed by atoms with van der Waals surface area (Å²) in [5.41, 5.74) is 0.610. The molecule has 26 heavy (non-hydrogen) atoms. The molecule has 0 saturated heterocycles. The largest absolute Gasteiger partial charge is 0.482 e. The number of carbonyl (C=O) groups is 2. The standard InChI is InChI=1S/C19H14ClNO4S/c20-13-3-1-4-16(11-13)24-12-18(22)25-15-8-6-14(7-9-15)21-19(23)17-5-2-10-26-17/h1-11H,12H2,(H,21,23). The van der Waals surface area contributed by atoms with Crippen molar-refractivity contribution in [2.75, 3.05) is 11.9 Å². The summed E-state index contributed by atoms with van der Waals surface area (Å²) in [6.07, 6.45) is 0. The van der Waals surface area contributed by atoms with Crippen LogP contribution in [0.4, 0.5) is 5.69 Å². The monoisotopic (exact) mass is 387 g/mol. The van der Waals surface area contributed by atoms with Gasteiger partial charge in [-0.1, -0.05) is 23.7 Å². The molecule has 1 amide bonds. The molecular weight excluding hydrogens is 374 g/mol. The predicted molar refractivity (Wildman–Crippen MR) is 101 cm³/mol. The Balaban J connectivity index is 1.50. The number of hydrogen-bond acceptors (Lipinski definition) is 5. The van der Waals surface area contributed by atoms with E-state index in [2.05, 4.69) is 5.32 Å². The SMILES string of the molecule is O=C(COc1cccc(Cl)c1)Oc1ccc(NC(=O)c2cccs2)cc1. The number of thiophene rings is 1. The lowest BCUT2D eigenvalue weighted by Crippen LogP contribution is -2.17. The molecule has 0 radical (unpaired) electrons. The van der Waals surface area contributed by atoms with Crippen LogP contribution in [0.3, 0.4) is 0 Å². The second kappa shape index (κ2) is 8.51. The van der Waals surface area contributed by atoms with Crippen molar-refractivity contribution in [3.8, 4) is 11.5 Å². The molecule has 0 aliphatic rings. The van der Waals surface area contributed by atoms with E-state index in [9.17, 15) is 9.59 Å². The third-order valence-corrected chi connectivity index (χ3v) is 4.35. The quantitative estimate of drug-likeness (QED) is 0.494. The van der Waals surface area contributed by atoms with Crippen LogP contribution in [0.2, 0.25) is 5.02 Å². The fourth-order valence-corrected chi connectivity index (χ4v) is 2.87. The van der Waals surface area contributed by atoms with Crippen molar-refractivity contribution < 1.29 is 19.1 Å². The summed E-state index contributed by atoms with van der Waals surface area (Å²) in [6, 6.07) is 16.8. The third-order valence-electron chi connectivity index (χ3n) is 3.24. The lowest BCUT2D eigenvalue weighted by atomic mass is 10.3. The van der Waals surface area contributed by atoms with Gasteiger partial charge in [0, 0.05) is 10.7 Å². The number of rotatable bonds is 6. The fraction of sp³-hybridized carbons (Fsp3) is 0.0526. The molecule has 0 atom stereocenters. The molecule has 1 heterocycles. The Morgan fingerprint density at radius 3 is 2.50 bits per heavy atom. The number of hydrogen-bond donors (Lipinski definition) is 1. The van der Waals surface area contributed by atoms with Gasteiger partial charge in [-0.3, -0.25) is 4.79 Å². The van der Waals surface area contributed by atoms with E-state index in [1.54, 1.807) is 54.6 Å². The Kier molecular flexibility index (Phi) is 5.88. The van der Waals surface area contributed by atoms with Crippen LogP contribution >= 0.6 is 22.9 Å². The number of carbonyl (C=O) groups excluding carboxylic acids is 2. The smallest absolute Gasteiger partial charge is 0.349 e. The van der Waals surface area contributed by atoms with Crippen molar-refractivity contribution in [2.45, 2.75) is 0 Å². The topological polar surface area (TPSA) is 64.6 Å². The van der Waals surface area contributed by atoms with Crippen LogP contribution < -0.4 is 14.8 Å². The maximum absolute atomic E-state index is 12.0. The lowest BCUT2D eigenvalue weighted by Gasteiger charge is -2.08. The summed E-state index contributed by atoms with van der Waals surface area (Å²) in [6.45, 7) is -0.239. The van der Waals surface area contributed by atoms with Crippen LogP contribution in [-0.4, -0.2) is 18.5 Å². The first-order chi connectivity index (χ1) is 12.6. The molecule has 0 unspecified atom stereocenters. The van der Waals surface area contributed by atoms with Crippen LogP contribution in [0.1, 0.15) is 9.67 Å². The Hall–Kier alpha value is -2.83. The minimum atomic E-state index is -0.541. The second-order valence-electron chi connectivity index (χ2n) is 5.18. The molecule has 1 aromatic heterocycles. The first-order valence-electron chi connectivity index (χ1n) is 7.64. The van der Waals surface area contributed by atoms with E-state index in [1.807, 2.05) is 11.4 Å². The van der Waals surface area contributed by atoms with E-state index < -0.39 is 5.97 Å². The van der Waals surface area contributed by atoms with Crippen molar-refractivity contribution in [1.29, 1.82) is 0 Å². The zero-order valence-corrected chi connectivity index (χ0v) is 15.0. The van der Waals surface area contributed by atoms with Gasteiger partial charge < -0.3 is 14.8 Å². The van der Waals surface area contributed by atoms with Crippen molar-refractivity contribution >= 4 is 40.5 Å². The summed E-state index contributed by atoms with van der Waals surface area (Å²) < 4.78 is 10.5. The molecule has 0 aliphatic carbocycles. The molecule has 1 N–H and O–H groups in total. The number of benzene rings is 2. The summed E-state index contributed by atoms with van der Waals surface area (Å²) in [4.78, 5) is 24.4. The van der Waals surface area contributed by atoms with Gasteiger partial charge in [-0.15, -0.1) is 11.3 Å². The van der Waals surface area contributed by atoms with E-state index in [4.69, 9.17) is 21.1 Å². The van der Waals surface area contributed by atoms with Gasteiger partial charge in [0.1, 0.15) is 11.5 Å². The van der Waals surface area contributed by atoms with E-state index in [0.717, 1.165) is 0 Å². The molecule has 0 bridgehead atoms. The Bertz CT molecular complexity index is 894. The highest BCUT2D eigenvalue weighted by Gasteiger charge is 2.09. The number of nitrogens with one attached hydrogen (secondary N) is 1. The normalized spacial score (nSPS) is 10.2. The maximum Gasteiger partial charge on any atom is 0.349 e. The fourth-order valence-electron chi connectivity index (χ4n) is 2.07. The molecular formula is C19H14ClNO4S. The number of amides is 1.